The van der Waals surface area contributed by atoms with Crippen LogP contribution in [-0.2, 0) is 17.8 Å². The summed E-state index contributed by atoms with van der Waals surface area (Å²) in [6, 6.07) is 16.8. The van der Waals surface area contributed by atoms with Gasteiger partial charge in [-0.05, 0) is 42.9 Å². The van der Waals surface area contributed by atoms with Crippen molar-refractivity contribution in [2.24, 2.45) is 0 Å². The van der Waals surface area contributed by atoms with E-state index in [2.05, 4.69) is 61.7 Å². The van der Waals surface area contributed by atoms with Crippen LogP contribution in [0.25, 0.3) is 0 Å². The molecular formula is C19H23NOS. The summed E-state index contributed by atoms with van der Waals surface area (Å²) in [5, 5.41) is 0. The summed E-state index contributed by atoms with van der Waals surface area (Å²) in [5.74, 6) is 0.189. The van der Waals surface area contributed by atoms with Crippen LogP contribution in [0, 0.1) is 6.92 Å². The molecule has 2 aromatic rings. The first-order valence-corrected chi connectivity index (χ1v) is 8.73. The molecule has 0 aliphatic heterocycles. The molecule has 0 radical (unpaired) electrons. The Morgan fingerprint density at radius 2 is 1.59 bits per heavy atom. The van der Waals surface area contributed by atoms with E-state index in [0.717, 1.165) is 6.42 Å². The smallest absolute Gasteiger partial charge is 0.222 e. The fourth-order valence-corrected chi connectivity index (χ4v) is 2.70. The maximum absolute atomic E-state index is 12.2. The molecule has 0 fully saturated rings. The standard InChI is InChI=1S/C19H23NOS/c1-15-4-6-16(7-5-15)10-13-19(21)20(2)14-17-8-11-18(22-3)12-9-17/h4-9,11-12H,10,13-14H2,1-3H3. The van der Waals surface area contributed by atoms with Crippen LogP contribution < -0.4 is 0 Å². The lowest BCUT2D eigenvalue weighted by molar-refractivity contribution is -0.130. The monoisotopic (exact) mass is 313 g/mol. The van der Waals surface area contributed by atoms with Gasteiger partial charge in [0.15, 0.2) is 0 Å². The number of nitrogens with zero attached hydrogens (tertiary/aromatic N) is 1. The summed E-state index contributed by atoms with van der Waals surface area (Å²) in [6.45, 7) is 2.74. The minimum atomic E-state index is 0.189. The molecule has 0 atom stereocenters. The van der Waals surface area contributed by atoms with E-state index in [1.165, 1.54) is 21.6 Å². The van der Waals surface area contributed by atoms with Crippen LogP contribution in [-0.4, -0.2) is 24.1 Å². The third kappa shape index (κ3) is 4.92. The minimum Gasteiger partial charge on any atom is -0.341 e. The Hall–Kier alpha value is -1.74. The van der Waals surface area contributed by atoms with E-state index < -0.39 is 0 Å². The Labute approximate surface area is 137 Å². The lowest BCUT2D eigenvalue weighted by Gasteiger charge is -2.17. The zero-order valence-corrected chi connectivity index (χ0v) is 14.3. The molecular weight excluding hydrogens is 290 g/mol. The second-order valence-corrected chi connectivity index (χ2v) is 6.46. The van der Waals surface area contributed by atoms with Gasteiger partial charge in [-0.25, -0.2) is 0 Å². The van der Waals surface area contributed by atoms with Gasteiger partial charge in [-0.1, -0.05) is 42.0 Å². The van der Waals surface area contributed by atoms with E-state index in [1.807, 2.05) is 11.9 Å². The average Bonchev–Trinajstić information content (AvgIpc) is 2.54. The number of rotatable bonds is 6. The molecule has 0 unspecified atom stereocenters. The van der Waals surface area contributed by atoms with Crippen LogP contribution in [0.2, 0.25) is 0 Å². The largest absolute Gasteiger partial charge is 0.341 e. The normalized spacial score (nSPS) is 10.5. The van der Waals surface area contributed by atoms with Crippen LogP contribution in [0.4, 0.5) is 0 Å². The quantitative estimate of drug-likeness (QED) is 0.741. The third-order valence-corrected chi connectivity index (χ3v) is 4.50. The van der Waals surface area contributed by atoms with Crippen molar-refractivity contribution in [1.82, 2.24) is 4.90 Å². The van der Waals surface area contributed by atoms with E-state index >= 15 is 0 Å². The highest BCUT2D eigenvalue weighted by molar-refractivity contribution is 7.98. The van der Waals surface area contributed by atoms with Crippen molar-refractivity contribution in [1.29, 1.82) is 0 Å². The number of amides is 1. The van der Waals surface area contributed by atoms with Crippen LogP contribution in [0.1, 0.15) is 23.1 Å². The second-order valence-electron chi connectivity index (χ2n) is 5.58. The first kappa shape index (κ1) is 16.6. The molecule has 0 bridgehead atoms. The molecule has 0 saturated heterocycles. The molecule has 0 aromatic heterocycles. The molecule has 0 spiro atoms. The first-order chi connectivity index (χ1) is 10.6. The predicted octanol–water partition coefficient (Wildman–Crippen LogP) is 4.31. The number of hydrogen-bond acceptors (Lipinski definition) is 2. The molecule has 0 aliphatic rings. The fraction of sp³-hybridized carbons (Fsp3) is 0.316. The molecule has 0 heterocycles. The zero-order chi connectivity index (χ0) is 15.9. The Kier molecular flexibility index (Phi) is 6.08. The van der Waals surface area contributed by atoms with Crippen molar-refractivity contribution in [3.63, 3.8) is 0 Å². The topological polar surface area (TPSA) is 20.3 Å². The van der Waals surface area contributed by atoms with E-state index in [0.29, 0.717) is 13.0 Å². The van der Waals surface area contributed by atoms with E-state index in [1.54, 1.807) is 11.8 Å². The first-order valence-electron chi connectivity index (χ1n) is 7.51. The third-order valence-electron chi connectivity index (χ3n) is 3.75. The van der Waals surface area contributed by atoms with Crippen LogP contribution in [0.5, 0.6) is 0 Å². The average molecular weight is 313 g/mol. The van der Waals surface area contributed by atoms with Gasteiger partial charge >= 0.3 is 0 Å². The van der Waals surface area contributed by atoms with Crippen LogP contribution in [0.3, 0.4) is 0 Å². The Bertz CT molecular complexity index is 604. The molecule has 2 nitrogen and oxygen atoms in total. The van der Waals surface area contributed by atoms with Gasteiger partial charge in [0.2, 0.25) is 5.91 Å². The number of carbonyl (C=O) groups is 1. The van der Waals surface area contributed by atoms with Crippen LogP contribution in [0.15, 0.2) is 53.4 Å². The van der Waals surface area contributed by atoms with Gasteiger partial charge in [0, 0.05) is 24.9 Å². The lowest BCUT2D eigenvalue weighted by atomic mass is 10.1. The van der Waals surface area contributed by atoms with E-state index in [4.69, 9.17) is 0 Å². The van der Waals surface area contributed by atoms with Crippen molar-refractivity contribution in [3.05, 3.63) is 65.2 Å². The molecule has 116 valence electrons. The molecule has 1 amide bonds. The summed E-state index contributed by atoms with van der Waals surface area (Å²) >= 11 is 1.73. The van der Waals surface area contributed by atoms with Crippen molar-refractivity contribution < 1.29 is 4.79 Å². The van der Waals surface area contributed by atoms with Gasteiger partial charge in [0.25, 0.3) is 0 Å². The van der Waals surface area contributed by atoms with E-state index in [-0.39, 0.29) is 5.91 Å². The Morgan fingerprint density at radius 3 is 2.18 bits per heavy atom. The maximum atomic E-state index is 12.2. The van der Waals surface area contributed by atoms with Crippen molar-refractivity contribution in [2.75, 3.05) is 13.3 Å². The van der Waals surface area contributed by atoms with Gasteiger partial charge in [0.05, 0.1) is 0 Å². The highest BCUT2D eigenvalue weighted by Crippen LogP contribution is 2.16. The predicted molar refractivity (Wildman–Crippen MR) is 94.2 cm³/mol. The SMILES string of the molecule is CSc1ccc(CN(C)C(=O)CCc2ccc(C)cc2)cc1. The summed E-state index contributed by atoms with van der Waals surface area (Å²) in [4.78, 5) is 15.3. The number of thioether (sulfide) groups is 1. The summed E-state index contributed by atoms with van der Waals surface area (Å²) in [5.41, 5.74) is 3.64. The minimum absolute atomic E-state index is 0.189. The molecule has 0 aliphatic carbocycles. The number of aryl methyl sites for hydroxylation is 2. The molecule has 22 heavy (non-hydrogen) atoms. The highest BCUT2D eigenvalue weighted by Gasteiger charge is 2.09. The highest BCUT2D eigenvalue weighted by atomic mass is 32.2. The molecule has 3 heteroatoms. The molecule has 0 N–H and O–H groups in total. The molecule has 0 saturated carbocycles. The van der Waals surface area contributed by atoms with Crippen LogP contribution >= 0.6 is 11.8 Å². The van der Waals surface area contributed by atoms with Gasteiger partial charge in [-0.15, -0.1) is 11.8 Å². The van der Waals surface area contributed by atoms with Crippen molar-refractivity contribution >= 4 is 17.7 Å². The van der Waals surface area contributed by atoms with Gasteiger partial charge in [0.1, 0.15) is 0 Å². The Morgan fingerprint density at radius 1 is 1.00 bits per heavy atom. The van der Waals surface area contributed by atoms with E-state index in [9.17, 15) is 4.79 Å². The van der Waals surface area contributed by atoms with Crippen molar-refractivity contribution in [2.45, 2.75) is 31.2 Å². The number of benzene rings is 2. The summed E-state index contributed by atoms with van der Waals surface area (Å²) < 4.78 is 0. The van der Waals surface area contributed by atoms with Gasteiger partial charge in [-0.2, -0.15) is 0 Å². The fourth-order valence-electron chi connectivity index (χ4n) is 2.29. The Balaban J connectivity index is 1.84. The second kappa shape index (κ2) is 8.04. The van der Waals surface area contributed by atoms with Gasteiger partial charge < -0.3 is 4.90 Å². The summed E-state index contributed by atoms with van der Waals surface area (Å²) in [6.07, 6.45) is 3.42. The van der Waals surface area contributed by atoms with Gasteiger partial charge in [-0.3, -0.25) is 4.79 Å². The zero-order valence-electron chi connectivity index (χ0n) is 13.5. The molecule has 2 aromatic carbocycles. The summed E-state index contributed by atoms with van der Waals surface area (Å²) in [7, 11) is 1.87. The lowest BCUT2D eigenvalue weighted by Crippen LogP contribution is -2.26. The number of carbonyl (C=O) groups excluding carboxylic acids is 1. The van der Waals surface area contributed by atoms with Crippen molar-refractivity contribution in [3.8, 4) is 0 Å². The maximum Gasteiger partial charge on any atom is 0.222 e. The molecule has 2 rings (SSSR count). The number of hydrogen-bond donors (Lipinski definition) is 0.